The van der Waals surface area contributed by atoms with E-state index in [0.717, 1.165) is 0 Å². The lowest BCUT2D eigenvalue weighted by molar-refractivity contribution is -0.144. The van der Waals surface area contributed by atoms with E-state index in [1.54, 1.807) is 13.8 Å². The molecule has 0 bridgehead atoms. The van der Waals surface area contributed by atoms with E-state index in [2.05, 4.69) is 11.2 Å². The van der Waals surface area contributed by atoms with E-state index in [9.17, 15) is 9.90 Å². The molecule has 3 nitrogen and oxygen atoms in total. The summed E-state index contributed by atoms with van der Waals surface area (Å²) in [5.41, 5.74) is -1.01. The highest BCUT2D eigenvalue weighted by Gasteiger charge is 2.47. The highest BCUT2D eigenvalue weighted by atomic mass is 16.3. The average molecular weight is 153 g/mol. The minimum Gasteiger partial charge on any atom is -0.390 e. The molecule has 1 rings (SSSR count). The van der Waals surface area contributed by atoms with Crippen LogP contribution in [0.15, 0.2) is 0 Å². The first-order valence-electron chi connectivity index (χ1n) is 3.45. The third kappa shape index (κ3) is 1.22. The third-order valence-electron chi connectivity index (χ3n) is 1.85. The zero-order valence-corrected chi connectivity index (χ0v) is 6.59. The molecule has 0 aromatic rings. The molecule has 0 aromatic heterocycles. The summed E-state index contributed by atoms with van der Waals surface area (Å²) in [6.07, 6.45) is 5.11. The fourth-order valence-corrected chi connectivity index (χ4v) is 1.25. The molecule has 11 heavy (non-hydrogen) atoms. The predicted octanol–water partition coefficient (Wildman–Crippen LogP) is -0.495. The number of rotatable bonds is 1. The lowest BCUT2D eigenvalue weighted by atomic mass is 9.78. The van der Waals surface area contributed by atoms with Gasteiger partial charge in [-0.2, -0.15) is 0 Å². The SMILES string of the molecule is C#CC1NC(=O)C1C(C)(C)O. The Balaban J connectivity index is 2.73. The van der Waals surface area contributed by atoms with Crippen LogP contribution in [0.5, 0.6) is 0 Å². The van der Waals surface area contributed by atoms with Gasteiger partial charge in [0.05, 0.1) is 11.5 Å². The van der Waals surface area contributed by atoms with Crippen LogP contribution in [0.2, 0.25) is 0 Å². The Labute approximate surface area is 65.8 Å². The van der Waals surface area contributed by atoms with Crippen molar-refractivity contribution < 1.29 is 9.90 Å². The molecule has 60 valence electrons. The van der Waals surface area contributed by atoms with Crippen LogP contribution in [-0.2, 0) is 4.79 Å². The number of amides is 1. The lowest BCUT2D eigenvalue weighted by Gasteiger charge is -2.40. The van der Waals surface area contributed by atoms with Crippen LogP contribution in [0, 0.1) is 18.3 Å². The van der Waals surface area contributed by atoms with Gasteiger partial charge in [-0.25, -0.2) is 0 Å². The average Bonchev–Trinajstić information content (AvgIpc) is 1.77. The van der Waals surface area contributed by atoms with Crippen molar-refractivity contribution in [2.24, 2.45) is 5.92 Å². The molecule has 2 N–H and O–H groups in total. The smallest absolute Gasteiger partial charge is 0.230 e. The van der Waals surface area contributed by atoms with Crippen molar-refractivity contribution in [3.63, 3.8) is 0 Å². The number of aliphatic hydroxyl groups is 1. The van der Waals surface area contributed by atoms with Crippen LogP contribution in [0.4, 0.5) is 0 Å². The molecule has 3 heteroatoms. The molecule has 0 saturated carbocycles. The first-order valence-corrected chi connectivity index (χ1v) is 3.45. The van der Waals surface area contributed by atoms with Gasteiger partial charge in [-0.05, 0) is 13.8 Å². The molecule has 1 heterocycles. The molecule has 1 fully saturated rings. The van der Waals surface area contributed by atoms with Crippen LogP contribution < -0.4 is 5.32 Å². The summed E-state index contributed by atoms with van der Waals surface area (Å²) in [4.78, 5) is 10.9. The Kier molecular flexibility index (Phi) is 1.65. The molecule has 0 spiro atoms. The Morgan fingerprint density at radius 2 is 2.27 bits per heavy atom. The highest BCUT2D eigenvalue weighted by molar-refractivity contribution is 5.88. The fourth-order valence-electron chi connectivity index (χ4n) is 1.25. The Morgan fingerprint density at radius 3 is 2.45 bits per heavy atom. The standard InChI is InChI=1S/C8H11NO2/c1-4-5-6(7(10)9-5)8(2,3)11/h1,5-6,11H,2-3H3,(H,9,10). The van der Waals surface area contributed by atoms with E-state index in [1.165, 1.54) is 0 Å². The van der Waals surface area contributed by atoms with Crippen molar-refractivity contribution in [1.29, 1.82) is 0 Å². The lowest BCUT2D eigenvalue weighted by Crippen LogP contribution is -2.64. The zero-order valence-electron chi connectivity index (χ0n) is 6.59. The van der Waals surface area contributed by atoms with Gasteiger partial charge in [0.15, 0.2) is 0 Å². The van der Waals surface area contributed by atoms with Crippen LogP contribution in [0.25, 0.3) is 0 Å². The van der Waals surface area contributed by atoms with Crippen LogP contribution in [0.1, 0.15) is 13.8 Å². The molecule has 0 radical (unpaired) electrons. The van der Waals surface area contributed by atoms with Gasteiger partial charge in [0, 0.05) is 0 Å². The molecule has 2 atom stereocenters. The minimum absolute atomic E-state index is 0.166. The quantitative estimate of drug-likeness (QED) is 0.394. The minimum atomic E-state index is -1.01. The number of β-lactam (4-membered cyclic amide) rings is 1. The largest absolute Gasteiger partial charge is 0.390 e. The normalized spacial score (nSPS) is 30.2. The second-order valence-electron chi connectivity index (χ2n) is 3.28. The number of carbonyl (C=O) groups is 1. The number of nitrogens with one attached hydrogen (secondary N) is 1. The predicted molar refractivity (Wildman–Crippen MR) is 40.6 cm³/mol. The highest BCUT2D eigenvalue weighted by Crippen LogP contribution is 2.26. The Hall–Kier alpha value is -1.01. The van der Waals surface area contributed by atoms with Crippen molar-refractivity contribution >= 4 is 5.91 Å². The van der Waals surface area contributed by atoms with Gasteiger partial charge in [0.25, 0.3) is 0 Å². The van der Waals surface area contributed by atoms with E-state index < -0.39 is 11.5 Å². The first kappa shape index (κ1) is 8.09. The summed E-state index contributed by atoms with van der Waals surface area (Å²) in [5.74, 6) is 1.78. The van der Waals surface area contributed by atoms with Crippen molar-refractivity contribution in [3.05, 3.63) is 0 Å². The molecular weight excluding hydrogens is 142 g/mol. The summed E-state index contributed by atoms with van der Waals surface area (Å²) >= 11 is 0. The summed E-state index contributed by atoms with van der Waals surface area (Å²) in [5, 5.41) is 12.0. The molecular formula is C8H11NO2. The van der Waals surface area contributed by atoms with Gasteiger partial charge >= 0.3 is 0 Å². The monoisotopic (exact) mass is 153 g/mol. The van der Waals surface area contributed by atoms with E-state index in [1.807, 2.05) is 0 Å². The molecule has 1 saturated heterocycles. The molecule has 1 amide bonds. The summed E-state index contributed by atoms with van der Waals surface area (Å²) in [7, 11) is 0. The van der Waals surface area contributed by atoms with E-state index in [-0.39, 0.29) is 11.9 Å². The van der Waals surface area contributed by atoms with Gasteiger partial charge in [-0.3, -0.25) is 4.79 Å². The molecule has 1 aliphatic heterocycles. The maximum atomic E-state index is 10.9. The third-order valence-corrected chi connectivity index (χ3v) is 1.85. The van der Waals surface area contributed by atoms with Crippen LogP contribution >= 0.6 is 0 Å². The molecule has 2 unspecified atom stereocenters. The van der Waals surface area contributed by atoms with Crippen molar-refractivity contribution in [2.45, 2.75) is 25.5 Å². The van der Waals surface area contributed by atoms with Crippen molar-refractivity contribution in [2.75, 3.05) is 0 Å². The van der Waals surface area contributed by atoms with Crippen LogP contribution in [-0.4, -0.2) is 22.7 Å². The summed E-state index contributed by atoms with van der Waals surface area (Å²) in [6.45, 7) is 3.17. The van der Waals surface area contributed by atoms with E-state index in [0.29, 0.717) is 0 Å². The summed E-state index contributed by atoms with van der Waals surface area (Å²) < 4.78 is 0. The molecule has 1 aliphatic rings. The summed E-state index contributed by atoms with van der Waals surface area (Å²) in [6, 6.07) is -0.303. The fraction of sp³-hybridized carbons (Fsp3) is 0.625. The second kappa shape index (κ2) is 2.24. The maximum absolute atomic E-state index is 10.9. The van der Waals surface area contributed by atoms with E-state index in [4.69, 9.17) is 6.42 Å². The first-order chi connectivity index (χ1) is 4.96. The second-order valence-corrected chi connectivity index (χ2v) is 3.28. The van der Waals surface area contributed by atoms with Crippen molar-refractivity contribution in [1.82, 2.24) is 5.32 Å². The number of hydrogen-bond acceptors (Lipinski definition) is 2. The number of terminal acetylenes is 1. The van der Waals surface area contributed by atoms with E-state index >= 15 is 0 Å². The Morgan fingerprint density at radius 1 is 1.73 bits per heavy atom. The molecule has 0 aliphatic carbocycles. The van der Waals surface area contributed by atoms with Gasteiger partial charge in [0.2, 0.25) is 5.91 Å². The number of hydrogen-bond donors (Lipinski definition) is 2. The van der Waals surface area contributed by atoms with Crippen molar-refractivity contribution in [3.8, 4) is 12.3 Å². The number of carbonyl (C=O) groups excluding carboxylic acids is 1. The topological polar surface area (TPSA) is 49.3 Å². The zero-order chi connectivity index (χ0) is 8.65. The maximum Gasteiger partial charge on any atom is 0.230 e. The van der Waals surface area contributed by atoms with Gasteiger partial charge in [-0.1, -0.05) is 5.92 Å². The van der Waals surface area contributed by atoms with Crippen LogP contribution in [0.3, 0.4) is 0 Å². The van der Waals surface area contributed by atoms with Gasteiger partial charge in [-0.15, -0.1) is 6.42 Å². The van der Waals surface area contributed by atoms with Gasteiger partial charge in [0.1, 0.15) is 6.04 Å². The Bertz CT molecular complexity index is 221. The molecule has 0 aromatic carbocycles. The van der Waals surface area contributed by atoms with Gasteiger partial charge < -0.3 is 10.4 Å².